The topological polar surface area (TPSA) is 76.0 Å². The molecule has 23 heavy (non-hydrogen) atoms. The standard InChI is InChI=1S/C17H22N4O2/c1-4-12(2)19-17(23)14-7-5-6-8-15(14)20-16(22)13(3)21-10-9-18-11-21/h5-13H,4H2,1-3H3,(H,19,23)(H,20,22)/t12-,13+/m0/s1. The number of rotatable bonds is 6. The van der Waals surface area contributed by atoms with E-state index >= 15 is 0 Å². The summed E-state index contributed by atoms with van der Waals surface area (Å²) >= 11 is 0. The molecule has 0 saturated carbocycles. The number of imidazole rings is 1. The van der Waals surface area contributed by atoms with Crippen LogP contribution in [0.4, 0.5) is 5.69 Å². The minimum Gasteiger partial charge on any atom is -0.350 e. The van der Waals surface area contributed by atoms with E-state index in [0.717, 1.165) is 6.42 Å². The summed E-state index contributed by atoms with van der Waals surface area (Å²) in [5.41, 5.74) is 0.962. The molecule has 0 fully saturated rings. The number of anilines is 1. The summed E-state index contributed by atoms with van der Waals surface area (Å²) in [6.45, 7) is 5.73. The summed E-state index contributed by atoms with van der Waals surface area (Å²) in [4.78, 5) is 28.6. The first kappa shape index (κ1) is 16.7. The van der Waals surface area contributed by atoms with Gasteiger partial charge in [-0.1, -0.05) is 19.1 Å². The van der Waals surface area contributed by atoms with Crippen LogP contribution in [-0.2, 0) is 4.79 Å². The average Bonchev–Trinajstić information content (AvgIpc) is 3.08. The van der Waals surface area contributed by atoms with Gasteiger partial charge in [-0.2, -0.15) is 0 Å². The molecule has 0 bridgehead atoms. The Hall–Kier alpha value is -2.63. The summed E-state index contributed by atoms with van der Waals surface area (Å²) in [5.74, 6) is -0.391. The molecule has 1 heterocycles. The van der Waals surface area contributed by atoms with Crippen molar-refractivity contribution in [3.05, 3.63) is 48.5 Å². The molecule has 2 aromatic rings. The molecular weight excluding hydrogens is 292 g/mol. The maximum atomic E-state index is 12.4. The molecule has 1 aromatic carbocycles. The van der Waals surface area contributed by atoms with E-state index in [2.05, 4.69) is 15.6 Å². The van der Waals surface area contributed by atoms with Gasteiger partial charge in [0.25, 0.3) is 5.91 Å². The van der Waals surface area contributed by atoms with Gasteiger partial charge >= 0.3 is 0 Å². The molecule has 0 aliphatic heterocycles. The Bertz CT molecular complexity index is 667. The third-order valence-corrected chi connectivity index (χ3v) is 3.77. The number of amides is 2. The fourth-order valence-corrected chi connectivity index (χ4v) is 2.06. The molecule has 6 heteroatoms. The Morgan fingerprint density at radius 2 is 2.00 bits per heavy atom. The molecule has 0 unspecified atom stereocenters. The van der Waals surface area contributed by atoms with Crippen molar-refractivity contribution in [3.63, 3.8) is 0 Å². The third-order valence-electron chi connectivity index (χ3n) is 3.77. The summed E-state index contributed by atoms with van der Waals surface area (Å²) in [6, 6.07) is 6.66. The van der Waals surface area contributed by atoms with Crippen molar-refractivity contribution >= 4 is 17.5 Å². The van der Waals surface area contributed by atoms with Gasteiger partial charge in [0.15, 0.2) is 0 Å². The second kappa shape index (κ2) is 7.58. The fraction of sp³-hybridized carbons (Fsp3) is 0.353. The lowest BCUT2D eigenvalue weighted by Gasteiger charge is -2.17. The minimum absolute atomic E-state index is 0.0797. The normalized spacial score (nSPS) is 13.2. The lowest BCUT2D eigenvalue weighted by atomic mass is 10.1. The van der Waals surface area contributed by atoms with Gasteiger partial charge in [-0.05, 0) is 32.4 Å². The Morgan fingerprint density at radius 1 is 1.26 bits per heavy atom. The Kier molecular flexibility index (Phi) is 5.51. The molecule has 122 valence electrons. The highest BCUT2D eigenvalue weighted by atomic mass is 16.2. The number of nitrogens with zero attached hydrogens (tertiary/aromatic N) is 2. The number of hydrogen-bond acceptors (Lipinski definition) is 3. The van der Waals surface area contributed by atoms with Crippen LogP contribution in [0.2, 0.25) is 0 Å². The van der Waals surface area contributed by atoms with Crippen LogP contribution >= 0.6 is 0 Å². The van der Waals surface area contributed by atoms with Crippen molar-refractivity contribution in [2.45, 2.75) is 39.3 Å². The van der Waals surface area contributed by atoms with Crippen molar-refractivity contribution < 1.29 is 9.59 Å². The van der Waals surface area contributed by atoms with E-state index in [0.29, 0.717) is 11.3 Å². The van der Waals surface area contributed by atoms with Crippen LogP contribution in [0.25, 0.3) is 0 Å². The van der Waals surface area contributed by atoms with Crippen LogP contribution in [0.5, 0.6) is 0 Å². The first-order valence-electron chi connectivity index (χ1n) is 7.71. The number of aromatic nitrogens is 2. The Morgan fingerprint density at radius 3 is 2.65 bits per heavy atom. The van der Waals surface area contributed by atoms with E-state index in [1.165, 1.54) is 0 Å². The van der Waals surface area contributed by atoms with Gasteiger partial charge in [-0.15, -0.1) is 0 Å². The average molecular weight is 314 g/mol. The first-order valence-corrected chi connectivity index (χ1v) is 7.71. The van der Waals surface area contributed by atoms with Crippen LogP contribution in [0.1, 0.15) is 43.6 Å². The molecule has 6 nitrogen and oxygen atoms in total. The zero-order chi connectivity index (χ0) is 16.8. The van der Waals surface area contributed by atoms with E-state index in [4.69, 9.17) is 0 Å². The fourth-order valence-electron chi connectivity index (χ4n) is 2.06. The van der Waals surface area contributed by atoms with Crippen LogP contribution in [0.15, 0.2) is 43.0 Å². The molecule has 2 rings (SSSR count). The van der Waals surface area contributed by atoms with E-state index in [1.54, 1.807) is 54.5 Å². The van der Waals surface area contributed by atoms with Crippen LogP contribution in [0.3, 0.4) is 0 Å². The van der Waals surface area contributed by atoms with E-state index < -0.39 is 6.04 Å². The first-order chi connectivity index (χ1) is 11.0. The summed E-state index contributed by atoms with van der Waals surface area (Å²) in [5, 5.41) is 5.73. The highest BCUT2D eigenvalue weighted by Crippen LogP contribution is 2.17. The zero-order valence-corrected chi connectivity index (χ0v) is 13.6. The Balaban J connectivity index is 2.14. The maximum absolute atomic E-state index is 12.4. The second-order valence-corrected chi connectivity index (χ2v) is 5.50. The van der Waals surface area contributed by atoms with E-state index in [9.17, 15) is 9.59 Å². The highest BCUT2D eigenvalue weighted by Gasteiger charge is 2.18. The van der Waals surface area contributed by atoms with Gasteiger partial charge in [0.05, 0.1) is 17.6 Å². The van der Waals surface area contributed by atoms with Gasteiger partial charge in [-0.25, -0.2) is 4.98 Å². The van der Waals surface area contributed by atoms with Crippen molar-refractivity contribution in [2.24, 2.45) is 0 Å². The van der Waals surface area contributed by atoms with E-state index in [1.807, 2.05) is 13.8 Å². The number of carbonyl (C=O) groups is 2. The highest BCUT2D eigenvalue weighted by molar-refractivity contribution is 6.04. The number of benzene rings is 1. The monoisotopic (exact) mass is 314 g/mol. The second-order valence-electron chi connectivity index (χ2n) is 5.50. The van der Waals surface area contributed by atoms with Crippen LogP contribution in [-0.4, -0.2) is 27.4 Å². The largest absolute Gasteiger partial charge is 0.350 e. The van der Waals surface area contributed by atoms with Crippen molar-refractivity contribution in [1.29, 1.82) is 0 Å². The number of carbonyl (C=O) groups excluding carboxylic acids is 2. The molecule has 0 aliphatic rings. The number of nitrogens with one attached hydrogen (secondary N) is 2. The SMILES string of the molecule is CC[C@H](C)NC(=O)c1ccccc1NC(=O)[C@@H](C)n1ccnc1. The van der Waals surface area contributed by atoms with Crippen LogP contribution < -0.4 is 10.6 Å². The molecule has 2 amide bonds. The predicted molar refractivity (Wildman–Crippen MR) is 89.2 cm³/mol. The molecule has 2 N–H and O–H groups in total. The summed E-state index contributed by atoms with van der Waals surface area (Å²) in [6.07, 6.45) is 5.78. The zero-order valence-electron chi connectivity index (χ0n) is 13.6. The number of hydrogen-bond donors (Lipinski definition) is 2. The van der Waals surface area contributed by atoms with E-state index in [-0.39, 0.29) is 17.9 Å². The minimum atomic E-state index is -0.414. The van der Waals surface area contributed by atoms with Gasteiger partial charge in [-0.3, -0.25) is 9.59 Å². The third kappa shape index (κ3) is 4.18. The lowest BCUT2D eigenvalue weighted by molar-refractivity contribution is -0.118. The number of para-hydroxylation sites is 1. The van der Waals surface area contributed by atoms with Gasteiger partial charge in [0.1, 0.15) is 6.04 Å². The van der Waals surface area contributed by atoms with Crippen molar-refractivity contribution in [3.8, 4) is 0 Å². The van der Waals surface area contributed by atoms with Crippen molar-refractivity contribution in [1.82, 2.24) is 14.9 Å². The Labute approximate surface area is 135 Å². The van der Waals surface area contributed by atoms with Crippen LogP contribution in [0, 0.1) is 0 Å². The van der Waals surface area contributed by atoms with Gasteiger partial charge < -0.3 is 15.2 Å². The van der Waals surface area contributed by atoms with Gasteiger partial charge in [0, 0.05) is 18.4 Å². The molecule has 2 atom stereocenters. The smallest absolute Gasteiger partial charge is 0.253 e. The lowest BCUT2D eigenvalue weighted by Crippen LogP contribution is -2.33. The van der Waals surface area contributed by atoms with Gasteiger partial charge in [0.2, 0.25) is 5.91 Å². The predicted octanol–water partition coefficient (Wildman–Crippen LogP) is 2.61. The van der Waals surface area contributed by atoms with Crippen molar-refractivity contribution in [2.75, 3.05) is 5.32 Å². The molecule has 1 aromatic heterocycles. The quantitative estimate of drug-likeness (QED) is 0.860. The maximum Gasteiger partial charge on any atom is 0.253 e. The summed E-state index contributed by atoms with van der Waals surface area (Å²) < 4.78 is 1.71. The molecular formula is C17H22N4O2. The molecule has 0 spiro atoms. The molecule has 0 radical (unpaired) electrons. The summed E-state index contributed by atoms with van der Waals surface area (Å²) in [7, 11) is 0. The molecule has 0 aliphatic carbocycles. The molecule has 0 saturated heterocycles.